The van der Waals surface area contributed by atoms with Gasteiger partial charge in [0.1, 0.15) is 11.6 Å². The number of fused-ring (bicyclic) bond motifs is 1. The van der Waals surface area contributed by atoms with Crippen LogP contribution in [0, 0.1) is 0 Å². The van der Waals surface area contributed by atoms with E-state index in [0.717, 1.165) is 10.7 Å². The first-order valence-corrected chi connectivity index (χ1v) is 10.5. The van der Waals surface area contributed by atoms with Gasteiger partial charge in [0, 0.05) is 18.7 Å². The molecule has 14 heteroatoms. The number of aromatic nitrogens is 3. The van der Waals surface area contributed by atoms with Crippen LogP contribution in [-0.4, -0.2) is 32.8 Å². The number of urea groups is 1. The summed E-state index contributed by atoms with van der Waals surface area (Å²) in [7, 11) is 0. The lowest BCUT2D eigenvalue weighted by Gasteiger charge is -2.21. The first-order valence-electron chi connectivity index (χ1n) is 10.2. The number of carbonyl (C=O) groups is 3. The summed E-state index contributed by atoms with van der Waals surface area (Å²) in [5.74, 6) is -1.09. The number of nitrogens with zero attached hydrogens (tertiary/aromatic N) is 3. The molecule has 0 saturated carbocycles. The number of nitrogens with one attached hydrogen (secondary N) is 3. The summed E-state index contributed by atoms with van der Waals surface area (Å²) in [6.45, 7) is -0.0678. The quantitative estimate of drug-likeness (QED) is 0.464. The number of anilines is 1. The Morgan fingerprint density at radius 1 is 1.17 bits per heavy atom. The summed E-state index contributed by atoms with van der Waals surface area (Å²) in [5.41, 5.74) is -1.05. The van der Waals surface area contributed by atoms with Crippen LogP contribution in [0.2, 0.25) is 5.02 Å². The number of hydrogen-bond donors (Lipinski definition) is 3. The van der Waals surface area contributed by atoms with Gasteiger partial charge in [0.25, 0.3) is 11.5 Å². The fourth-order valence-electron chi connectivity index (χ4n) is 3.51. The third-order valence-corrected chi connectivity index (χ3v) is 5.57. The molecule has 35 heavy (non-hydrogen) atoms. The number of amides is 4. The summed E-state index contributed by atoms with van der Waals surface area (Å²) < 4.78 is 39.9. The number of hydrogen-bond acceptors (Lipinski definition) is 6. The van der Waals surface area contributed by atoms with Crippen molar-refractivity contribution in [3.8, 4) is 0 Å². The molecule has 4 amide bonds. The second-order valence-corrected chi connectivity index (χ2v) is 8.06. The number of benzene rings is 2. The van der Waals surface area contributed by atoms with Crippen LogP contribution in [0.15, 0.2) is 41.2 Å². The van der Waals surface area contributed by atoms with Gasteiger partial charge >= 0.3 is 12.2 Å². The van der Waals surface area contributed by atoms with Crippen LogP contribution < -0.4 is 21.5 Å². The van der Waals surface area contributed by atoms with Crippen LogP contribution in [0.5, 0.6) is 0 Å². The van der Waals surface area contributed by atoms with Crippen LogP contribution in [0.1, 0.15) is 30.0 Å². The molecule has 1 atom stereocenters. The van der Waals surface area contributed by atoms with Gasteiger partial charge in [-0.3, -0.25) is 19.7 Å². The zero-order valence-corrected chi connectivity index (χ0v) is 18.4. The monoisotopic (exact) mass is 508 g/mol. The van der Waals surface area contributed by atoms with Crippen LogP contribution in [0.3, 0.4) is 0 Å². The van der Waals surface area contributed by atoms with Crippen molar-refractivity contribution in [2.24, 2.45) is 0 Å². The zero-order chi connectivity index (χ0) is 25.3. The summed E-state index contributed by atoms with van der Waals surface area (Å²) in [5, 5.41) is 14.3. The van der Waals surface area contributed by atoms with Gasteiger partial charge in [-0.15, -0.1) is 5.10 Å². The van der Waals surface area contributed by atoms with Crippen LogP contribution in [0.25, 0.3) is 10.9 Å². The minimum absolute atomic E-state index is 0.0553. The molecule has 1 fully saturated rings. The van der Waals surface area contributed by atoms with E-state index in [9.17, 15) is 32.3 Å². The maximum atomic E-state index is 13.0. The number of carbonyl (C=O) groups excluding carboxylic acids is 3. The Morgan fingerprint density at radius 3 is 2.66 bits per heavy atom. The number of imide groups is 1. The molecule has 4 rings (SSSR count). The van der Waals surface area contributed by atoms with Crippen molar-refractivity contribution in [1.82, 2.24) is 25.6 Å². The van der Waals surface area contributed by atoms with Crippen LogP contribution in [-0.2, 0) is 22.3 Å². The summed E-state index contributed by atoms with van der Waals surface area (Å²) in [6.07, 6.45) is -4.52. The smallest absolute Gasteiger partial charge is 0.334 e. The van der Waals surface area contributed by atoms with Gasteiger partial charge in [0.05, 0.1) is 16.0 Å². The molecule has 0 bridgehead atoms. The molecule has 1 aliphatic heterocycles. The Balaban J connectivity index is 1.49. The second-order valence-electron chi connectivity index (χ2n) is 7.66. The van der Waals surface area contributed by atoms with E-state index >= 15 is 0 Å². The van der Waals surface area contributed by atoms with Gasteiger partial charge in [-0.2, -0.15) is 17.9 Å². The molecule has 10 nitrogen and oxygen atoms in total. The summed E-state index contributed by atoms with van der Waals surface area (Å²) in [6, 6.07) is 5.74. The molecule has 1 unspecified atom stereocenters. The topological polar surface area (TPSA) is 135 Å². The van der Waals surface area contributed by atoms with Crippen molar-refractivity contribution in [2.75, 3.05) is 5.32 Å². The maximum Gasteiger partial charge on any atom is 0.417 e. The van der Waals surface area contributed by atoms with Gasteiger partial charge in [0.15, 0.2) is 0 Å². The molecular formula is C21H16ClF3N6O4. The molecule has 3 N–H and O–H groups in total. The fourth-order valence-corrected chi connectivity index (χ4v) is 3.73. The highest BCUT2D eigenvalue weighted by atomic mass is 35.5. The predicted molar refractivity (Wildman–Crippen MR) is 118 cm³/mol. The SMILES string of the molecule is O=C1CCC(n2nnc3ccc(CNC(=O)Nc4ccc(Cl)c(C(F)(F)F)c4)cc3c2=O)C(=O)N1. The van der Waals surface area contributed by atoms with Crippen LogP contribution >= 0.6 is 11.6 Å². The molecule has 2 heterocycles. The van der Waals surface area contributed by atoms with E-state index in [-0.39, 0.29) is 36.0 Å². The second kappa shape index (κ2) is 9.33. The zero-order valence-electron chi connectivity index (χ0n) is 17.6. The minimum Gasteiger partial charge on any atom is -0.334 e. The molecule has 2 aromatic carbocycles. The van der Waals surface area contributed by atoms with E-state index < -0.39 is 46.2 Å². The number of halogens is 4. The molecule has 0 radical (unpaired) electrons. The highest BCUT2D eigenvalue weighted by Crippen LogP contribution is 2.36. The molecule has 3 aromatic rings. The summed E-state index contributed by atoms with van der Waals surface area (Å²) in [4.78, 5) is 48.6. The molecular weight excluding hydrogens is 493 g/mol. The van der Waals surface area contributed by atoms with Gasteiger partial charge < -0.3 is 10.6 Å². The molecule has 1 aliphatic rings. The molecule has 0 spiro atoms. The Kier molecular flexibility index (Phi) is 6.43. The Bertz CT molecular complexity index is 1410. The third kappa shape index (κ3) is 5.24. The summed E-state index contributed by atoms with van der Waals surface area (Å²) >= 11 is 5.57. The maximum absolute atomic E-state index is 13.0. The van der Waals surface area contributed by atoms with E-state index in [2.05, 4.69) is 26.3 Å². The van der Waals surface area contributed by atoms with Gasteiger partial charge in [-0.1, -0.05) is 22.9 Å². The number of piperidine rings is 1. The lowest BCUT2D eigenvalue weighted by atomic mass is 10.1. The first kappa shape index (κ1) is 24.1. The van der Waals surface area contributed by atoms with Gasteiger partial charge in [0.2, 0.25) is 5.91 Å². The van der Waals surface area contributed by atoms with Crippen molar-refractivity contribution in [2.45, 2.75) is 31.6 Å². The third-order valence-electron chi connectivity index (χ3n) is 5.24. The normalized spacial score (nSPS) is 16.2. The Labute approximate surface area is 199 Å². The van der Waals surface area contributed by atoms with Crippen molar-refractivity contribution >= 4 is 46.0 Å². The van der Waals surface area contributed by atoms with E-state index in [1.807, 2.05) is 0 Å². The number of rotatable bonds is 4. The van der Waals surface area contributed by atoms with E-state index in [4.69, 9.17) is 11.6 Å². The average Bonchev–Trinajstić information content (AvgIpc) is 2.79. The minimum atomic E-state index is -4.68. The largest absolute Gasteiger partial charge is 0.417 e. The fraction of sp³-hybridized carbons (Fsp3) is 0.238. The lowest BCUT2D eigenvalue weighted by molar-refractivity contribution is -0.138. The molecule has 182 valence electrons. The van der Waals surface area contributed by atoms with Crippen molar-refractivity contribution < 1.29 is 27.6 Å². The molecule has 1 saturated heterocycles. The van der Waals surface area contributed by atoms with Gasteiger partial charge in [-0.05, 0) is 42.3 Å². The Morgan fingerprint density at radius 2 is 1.94 bits per heavy atom. The first-order chi connectivity index (χ1) is 16.5. The predicted octanol–water partition coefficient (Wildman–Crippen LogP) is 2.76. The highest BCUT2D eigenvalue weighted by Gasteiger charge is 2.33. The van der Waals surface area contributed by atoms with E-state index in [0.29, 0.717) is 11.6 Å². The average molecular weight is 509 g/mol. The standard InChI is InChI=1S/C21H16ClF3N6O4/c22-14-3-2-11(8-13(14)21(23,24)25)27-20(35)26-9-10-1-4-15-12(7-10)19(34)31(30-29-15)16-5-6-17(32)28-18(16)33/h1-4,7-8,16H,5-6,9H2,(H2,26,27,35)(H,28,32,33). The van der Waals surface area contributed by atoms with Crippen molar-refractivity contribution in [3.63, 3.8) is 0 Å². The molecule has 1 aromatic heterocycles. The van der Waals surface area contributed by atoms with Crippen molar-refractivity contribution in [3.05, 3.63) is 62.9 Å². The number of alkyl halides is 3. The van der Waals surface area contributed by atoms with Crippen molar-refractivity contribution in [1.29, 1.82) is 0 Å². The lowest BCUT2D eigenvalue weighted by Crippen LogP contribution is -2.45. The Hall–Kier alpha value is -4.00. The van der Waals surface area contributed by atoms with Gasteiger partial charge in [-0.25, -0.2) is 4.79 Å². The van der Waals surface area contributed by atoms with E-state index in [1.54, 1.807) is 6.07 Å². The van der Waals surface area contributed by atoms with E-state index in [1.165, 1.54) is 18.2 Å². The molecule has 0 aliphatic carbocycles. The highest BCUT2D eigenvalue weighted by molar-refractivity contribution is 6.31. The van der Waals surface area contributed by atoms with Crippen LogP contribution in [0.4, 0.5) is 23.7 Å².